The highest BCUT2D eigenvalue weighted by atomic mass is 16.5. The van der Waals surface area contributed by atoms with Crippen molar-refractivity contribution in [1.29, 1.82) is 0 Å². The minimum absolute atomic E-state index is 0.516. The summed E-state index contributed by atoms with van der Waals surface area (Å²) < 4.78 is 5.16. The van der Waals surface area contributed by atoms with Crippen LogP contribution in [-0.2, 0) is 4.74 Å². The first-order valence-electron chi connectivity index (χ1n) is 5.44. The largest absolute Gasteiger partial charge is 0.383 e. The quantitative estimate of drug-likeness (QED) is 0.589. The Morgan fingerprint density at radius 2 is 1.92 bits per heavy atom. The van der Waals surface area contributed by atoms with Gasteiger partial charge in [0.05, 0.1) is 6.61 Å². The predicted molar refractivity (Wildman–Crippen MR) is 58.0 cm³/mol. The van der Waals surface area contributed by atoms with Crippen molar-refractivity contribution in [2.45, 2.75) is 46.1 Å². The summed E-state index contributed by atoms with van der Waals surface area (Å²) in [4.78, 5) is 0. The van der Waals surface area contributed by atoms with Gasteiger partial charge in [0, 0.05) is 13.2 Å². The first-order valence-corrected chi connectivity index (χ1v) is 5.44. The Bertz CT molecular complexity index is 104. The molecule has 2 heteroatoms. The Morgan fingerprint density at radius 1 is 1.23 bits per heavy atom. The molecule has 1 N–H and O–H groups in total. The first-order chi connectivity index (χ1) is 6.22. The van der Waals surface area contributed by atoms with E-state index in [1.165, 1.54) is 19.3 Å². The topological polar surface area (TPSA) is 21.3 Å². The summed E-state index contributed by atoms with van der Waals surface area (Å²) in [6, 6.07) is 0.516. The molecule has 0 aromatic heterocycles. The van der Waals surface area contributed by atoms with E-state index in [4.69, 9.17) is 4.74 Å². The van der Waals surface area contributed by atoms with Gasteiger partial charge in [0.1, 0.15) is 0 Å². The van der Waals surface area contributed by atoms with Crippen LogP contribution in [0.15, 0.2) is 0 Å². The SMILES string of the molecule is CCCCCNC(COC)C(C)C. The Labute approximate surface area is 83.1 Å². The lowest BCUT2D eigenvalue weighted by molar-refractivity contribution is 0.147. The summed E-state index contributed by atoms with van der Waals surface area (Å²) in [5.41, 5.74) is 0. The molecule has 0 radical (unpaired) electrons. The maximum atomic E-state index is 5.16. The van der Waals surface area contributed by atoms with Gasteiger partial charge in [-0.3, -0.25) is 0 Å². The van der Waals surface area contributed by atoms with Crippen LogP contribution in [0, 0.1) is 5.92 Å². The van der Waals surface area contributed by atoms with Crippen LogP contribution < -0.4 is 5.32 Å². The molecule has 0 aliphatic rings. The molecule has 13 heavy (non-hydrogen) atoms. The molecule has 80 valence electrons. The van der Waals surface area contributed by atoms with Crippen LogP contribution in [0.3, 0.4) is 0 Å². The number of methoxy groups -OCH3 is 1. The number of nitrogens with one attached hydrogen (secondary N) is 1. The van der Waals surface area contributed by atoms with Gasteiger partial charge in [-0.05, 0) is 18.9 Å². The molecule has 0 saturated carbocycles. The van der Waals surface area contributed by atoms with Gasteiger partial charge in [0.25, 0.3) is 0 Å². The van der Waals surface area contributed by atoms with Crippen LogP contribution >= 0.6 is 0 Å². The minimum atomic E-state index is 0.516. The molecule has 0 saturated heterocycles. The lowest BCUT2D eigenvalue weighted by atomic mass is 10.1. The van der Waals surface area contributed by atoms with Gasteiger partial charge in [-0.2, -0.15) is 0 Å². The van der Waals surface area contributed by atoms with E-state index in [2.05, 4.69) is 26.1 Å². The maximum absolute atomic E-state index is 5.16. The summed E-state index contributed by atoms with van der Waals surface area (Å²) in [6.07, 6.45) is 3.90. The summed E-state index contributed by atoms with van der Waals surface area (Å²) in [5.74, 6) is 0.654. The second kappa shape index (κ2) is 8.52. The second-order valence-electron chi connectivity index (χ2n) is 3.97. The molecular formula is C11H25NO. The highest BCUT2D eigenvalue weighted by Gasteiger charge is 2.10. The molecule has 0 aromatic carbocycles. The molecule has 1 unspecified atom stereocenters. The number of ether oxygens (including phenoxy) is 1. The fourth-order valence-corrected chi connectivity index (χ4v) is 1.33. The Balaban J connectivity index is 3.45. The van der Waals surface area contributed by atoms with Crippen LogP contribution in [0.4, 0.5) is 0 Å². The Kier molecular flexibility index (Phi) is 8.46. The zero-order valence-corrected chi connectivity index (χ0v) is 9.60. The van der Waals surface area contributed by atoms with Crippen molar-refractivity contribution in [2.75, 3.05) is 20.3 Å². The summed E-state index contributed by atoms with van der Waals surface area (Å²) >= 11 is 0. The highest BCUT2D eigenvalue weighted by Crippen LogP contribution is 2.02. The predicted octanol–water partition coefficient (Wildman–Crippen LogP) is 2.44. The van der Waals surface area contributed by atoms with Crippen LogP contribution in [0.2, 0.25) is 0 Å². The summed E-state index contributed by atoms with van der Waals surface area (Å²) in [5, 5.41) is 3.53. The van der Waals surface area contributed by atoms with E-state index in [0.717, 1.165) is 13.2 Å². The monoisotopic (exact) mass is 187 g/mol. The fraction of sp³-hybridized carbons (Fsp3) is 1.00. The molecule has 0 aliphatic heterocycles. The number of rotatable bonds is 8. The van der Waals surface area contributed by atoms with E-state index in [1.807, 2.05) is 0 Å². The van der Waals surface area contributed by atoms with Crippen LogP contribution in [0.1, 0.15) is 40.0 Å². The minimum Gasteiger partial charge on any atom is -0.383 e. The Morgan fingerprint density at radius 3 is 2.38 bits per heavy atom. The van der Waals surface area contributed by atoms with E-state index in [-0.39, 0.29) is 0 Å². The number of unbranched alkanes of at least 4 members (excludes halogenated alkanes) is 2. The van der Waals surface area contributed by atoms with E-state index in [9.17, 15) is 0 Å². The van der Waals surface area contributed by atoms with Crippen LogP contribution in [0.25, 0.3) is 0 Å². The van der Waals surface area contributed by atoms with Gasteiger partial charge in [-0.1, -0.05) is 33.6 Å². The van der Waals surface area contributed by atoms with Crippen molar-refractivity contribution < 1.29 is 4.74 Å². The van der Waals surface area contributed by atoms with Crippen molar-refractivity contribution in [1.82, 2.24) is 5.32 Å². The highest BCUT2D eigenvalue weighted by molar-refractivity contribution is 4.69. The maximum Gasteiger partial charge on any atom is 0.0618 e. The molecule has 0 bridgehead atoms. The molecule has 0 aliphatic carbocycles. The van der Waals surface area contributed by atoms with Crippen molar-refractivity contribution in [2.24, 2.45) is 5.92 Å². The molecule has 2 nitrogen and oxygen atoms in total. The van der Waals surface area contributed by atoms with Crippen LogP contribution in [-0.4, -0.2) is 26.3 Å². The second-order valence-corrected chi connectivity index (χ2v) is 3.97. The molecule has 0 aromatic rings. The molecule has 0 spiro atoms. The fourth-order valence-electron chi connectivity index (χ4n) is 1.33. The number of hydrogen-bond acceptors (Lipinski definition) is 2. The Hall–Kier alpha value is -0.0800. The molecular weight excluding hydrogens is 162 g/mol. The molecule has 0 heterocycles. The smallest absolute Gasteiger partial charge is 0.0618 e. The van der Waals surface area contributed by atoms with E-state index in [0.29, 0.717) is 12.0 Å². The summed E-state index contributed by atoms with van der Waals surface area (Å²) in [6.45, 7) is 8.64. The van der Waals surface area contributed by atoms with Crippen molar-refractivity contribution in [3.05, 3.63) is 0 Å². The normalized spacial score (nSPS) is 13.6. The van der Waals surface area contributed by atoms with Gasteiger partial charge in [0.15, 0.2) is 0 Å². The van der Waals surface area contributed by atoms with Crippen molar-refractivity contribution in [3.8, 4) is 0 Å². The van der Waals surface area contributed by atoms with Gasteiger partial charge < -0.3 is 10.1 Å². The lowest BCUT2D eigenvalue weighted by Crippen LogP contribution is -2.38. The zero-order chi connectivity index (χ0) is 10.1. The van der Waals surface area contributed by atoms with E-state index >= 15 is 0 Å². The zero-order valence-electron chi connectivity index (χ0n) is 9.60. The van der Waals surface area contributed by atoms with Gasteiger partial charge in [0.2, 0.25) is 0 Å². The van der Waals surface area contributed by atoms with Crippen molar-refractivity contribution >= 4 is 0 Å². The standard InChI is InChI=1S/C11H25NO/c1-5-6-7-8-12-11(9-13-4)10(2)3/h10-12H,5-9H2,1-4H3. The molecule has 0 amide bonds. The lowest BCUT2D eigenvalue weighted by Gasteiger charge is -2.21. The molecule has 1 atom stereocenters. The third-order valence-electron chi connectivity index (χ3n) is 2.34. The third-order valence-corrected chi connectivity index (χ3v) is 2.34. The first kappa shape index (κ1) is 12.9. The van der Waals surface area contributed by atoms with Crippen LogP contribution in [0.5, 0.6) is 0 Å². The average molecular weight is 187 g/mol. The van der Waals surface area contributed by atoms with E-state index in [1.54, 1.807) is 7.11 Å². The van der Waals surface area contributed by atoms with E-state index < -0.39 is 0 Å². The van der Waals surface area contributed by atoms with Gasteiger partial charge in [-0.25, -0.2) is 0 Å². The molecule has 0 fully saturated rings. The average Bonchev–Trinajstić information content (AvgIpc) is 2.10. The van der Waals surface area contributed by atoms with Gasteiger partial charge in [-0.15, -0.1) is 0 Å². The molecule has 0 rings (SSSR count). The number of hydrogen-bond donors (Lipinski definition) is 1. The third kappa shape index (κ3) is 7.03. The van der Waals surface area contributed by atoms with Gasteiger partial charge >= 0.3 is 0 Å². The summed E-state index contributed by atoms with van der Waals surface area (Å²) in [7, 11) is 1.77. The van der Waals surface area contributed by atoms with Crippen molar-refractivity contribution in [3.63, 3.8) is 0 Å².